The largest absolute Gasteiger partial charge is 0.491 e. The molecule has 3 rings (SSSR count). The third kappa shape index (κ3) is 3.49. The lowest BCUT2D eigenvalue weighted by molar-refractivity contribution is 0.0693. The van der Waals surface area contributed by atoms with Gasteiger partial charge in [-0.15, -0.1) is 0 Å². The summed E-state index contributed by atoms with van der Waals surface area (Å²) in [4.78, 5) is 16.1. The predicted molar refractivity (Wildman–Crippen MR) is 96.0 cm³/mol. The second-order valence-electron chi connectivity index (χ2n) is 6.09. The Morgan fingerprint density at radius 1 is 1.28 bits per heavy atom. The summed E-state index contributed by atoms with van der Waals surface area (Å²) in [5.41, 5.74) is 8.57. The number of hydrogen-bond acceptors (Lipinski definition) is 4. The molecule has 3 N–H and O–H groups in total. The van der Waals surface area contributed by atoms with Crippen LogP contribution in [0.1, 0.15) is 21.7 Å². The SMILES string of the molecule is Cc1nc2ccc(OCC(N)Cc3ccccc3)c(C(=O)O)c2n1C. The topological polar surface area (TPSA) is 90.4 Å². The van der Waals surface area contributed by atoms with Gasteiger partial charge < -0.3 is 20.1 Å². The molecule has 1 heterocycles. The van der Waals surface area contributed by atoms with Crippen molar-refractivity contribution < 1.29 is 14.6 Å². The number of carboxylic acid groups (broad SMARTS) is 1. The number of carbonyl (C=O) groups is 1. The van der Waals surface area contributed by atoms with Crippen molar-refractivity contribution in [3.8, 4) is 5.75 Å². The molecule has 0 fully saturated rings. The van der Waals surface area contributed by atoms with Crippen molar-refractivity contribution in [3.63, 3.8) is 0 Å². The molecule has 0 spiro atoms. The maximum absolute atomic E-state index is 11.8. The Hall–Kier alpha value is -2.86. The lowest BCUT2D eigenvalue weighted by Crippen LogP contribution is -2.30. The molecule has 0 aliphatic rings. The Bertz CT molecular complexity index is 903. The second kappa shape index (κ2) is 6.94. The smallest absolute Gasteiger partial charge is 0.341 e. The van der Waals surface area contributed by atoms with Crippen molar-refractivity contribution in [2.45, 2.75) is 19.4 Å². The van der Waals surface area contributed by atoms with Crippen LogP contribution in [-0.4, -0.2) is 33.3 Å². The number of aryl methyl sites for hydroxylation is 2. The average Bonchev–Trinajstić information content (AvgIpc) is 2.88. The van der Waals surface area contributed by atoms with Gasteiger partial charge in [-0.25, -0.2) is 9.78 Å². The van der Waals surface area contributed by atoms with Gasteiger partial charge in [0, 0.05) is 13.1 Å². The average molecular weight is 339 g/mol. The van der Waals surface area contributed by atoms with Crippen LogP contribution < -0.4 is 10.5 Å². The van der Waals surface area contributed by atoms with Gasteiger partial charge in [-0.1, -0.05) is 30.3 Å². The van der Waals surface area contributed by atoms with Crippen LogP contribution in [0.5, 0.6) is 5.75 Å². The molecule has 1 unspecified atom stereocenters. The van der Waals surface area contributed by atoms with Gasteiger partial charge in [0.1, 0.15) is 23.7 Å². The van der Waals surface area contributed by atoms with Gasteiger partial charge in [-0.2, -0.15) is 0 Å². The third-order valence-electron chi connectivity index (χ3n) is 4.23. The Morgan fingerprint density at radius 2 is 2.00 bits per heavy atom. The van der Waals surface area contributed by atoms with Crippen LogP contribution in [0.25, 0.3) is 11.0 Å². The summed E-state index contributed by atoms with van der Waals surface area (Å²) in [6.07, 6.45) is 0.663. The summed E-state index contributed by atoms with van der Waals surface area (Å²) >= 11 is 0. The highest BCUT2D eigenvalue weighted by Gasteiger charge is 2.20. The Morgan fingerprint density at radius 3 is 2.68 bits per heavy atom. The van der Waals surface area contributed by atoms with Gasteiger partial charge in [0.25, 0.3) is 0 Å². The number of rotatable bonds is 6. The van der Waals surface area contributed by atoms with Crippen LogP contribution in [0, 0.1) is 6.92 Å². The number of imidazole rings is 1. The van der Waals surface area contributed by atoms with Crippen molar-refractivity contribution in [1.82, 2.24) is 9.55 Å². The highest BCUT2D eigenvalue weighted by Crippen LogP contribution is 2.28. The second-order valence-corrected chi connectivity index (χ2v) is 6.09. The van der Waals surface area contributed by atoms with E-state index in [1.807, 2.05) is 37.3 Å². The summed E-state index contributed by atoms with van der Waals surface area (Å²) in [5, 5.41) is 9.65. The van der Waals surface area contributed by atoms with E-state index in [1.54, 1.807) is 23.7 Å². The number of carboxylic acids is 1. The van der Waals surface area contributed by atoms with Crippen LogP contribution in [-0.2, 0) is 13.5 Å². The molecule has 6 nitrogen and oxygen atoms in total. The number of fused-ring (bicyclic) bond motifs is 1. The first-order chi connectivity index (χ1) is 12.0. The molecule has 0 saturated carbocycles. The minimum Gasteiger partial charge on any atom is -0.491 e. The van der Waals surface area contributed by atoms with Crippen LogP contribution in [0.4, 0.5) is 0 Å². The van der Waals surface area contributed by atoms with Gasteiger partial charge in [-0.3, -0.25) is 0 Å². The Balaban J connectivity index is 1.82. The Kier molecular flexibility index (Phi) is 4.72. The van der Waals surface area contributed by atoms with E-state index >= 15 is 0 Å². The molecular formula is C19H21N3O3. The van der Waals surface area contributed by atoms with Crippen molar-refractivity contribution >= 4 is 17.0 Å². The summed E-state index contributed by atoms with van der Waals surface area (Å²) in [6.45, 7) is 2.07. The fraction of sp³-hybridized carbons (Fsp3) is 0.263. The molecule has 6 heteroatoms. The summed E-state index contributed by atoms with van der Waals surface area (Å²) in [5.74, 6) is 0.0159. The van der Waals surface area contributed by atoms with Crippen molar-refractivity contribution in [3.05, 3.63) is 59.4 Å². The fourth-order valence-electron chi connectivity index (χ4n) is 2.90. The molecule has 130 valence electrons. The quantitative estimate of drug-likeness (QED) is 0.720. The molecule has 0 aliphatic carbocycles. The molecule has 3 aromatic rings. The zero-order valence-corrected chi connectivity index (χ0v) is 14.3. The normalized spacial score (nSPS) is 12.3. The number of ether oxygens (including phenoxy) is 1. The maximum Gasteiger partial charge on any atom is 0.341 e. The molecule has 25 heavy (non-hydrogen) atoms. The first-order valence-corrected chi connectivity index (χ1v) is 8.09. The molecule has 2 aromatic carbocycles. The molecule has 1 aromatic heterocycles. The van der Waals surface area contributed by atoms with Gasteiger partial charge in [0.2, 0.25) is 0 Å². The molecule has 0 aliphatic heterocycles. The molecule has 1 atom stereocenters. The highest BCUT2D eigenvalue weighted by atomic mass is 16.5. The molecule has 0 radical (unpaired) electrons. The number of nitrogens with zero attached hydrogens (tertiary/aromatic N) is 2. The predicted octanol–water partition coefficient (Wildman–Crippen LogP) is 2.53. The lowest BCUT2D eigenvalue weighted by atomic mass is 10.1. The number of aromatic nitrogens is 2. The first kappa shape index (κ1) is 17.0. The molecular weight excluding hydrogens is 318 g/mol. The van der Waals surface area contributed by atoms with Gasteiger partial charge >= 0.3 is 5.97 Å². The Labute approximate surface area is 145 Å². The van der Waals surface area contributed by atoms with Gasteiger partial charge in [0.15, 0.2) is 0 Å². The van der Waals surface area contributed by atoms with E-state index < -0.39 is 5.97 Å². The van der Waals surface area contributed by atoms with Crippen molar-refractivity contribution in [2.24, 2.45) is 12.8 Å². The van der Waals surface area contributed by atoms with Gasteiger partial charge in [0.05, 0.1) is 11.0 Å². The monoisotopic (exact) mass is 339 g/mol. The number of aromatic carboxylic acids is 1. The standard InChI is InChI=1S/C19H21N3O3/c1-12-21-15-8-9-16(17(19(23)24)18(15)22(12)2)25-11-14(20)10-13-6-4-3-5-7-13/h3-9,14H,10-11,20H2,1-2H3,(H,23,24). The summed E-state index contributed by atoms with van der Waals surface area (Å²) in [7, 11) is 1.79. The number of nitrogens with two attached hydrogens (primary N) is 1. The van der Waals surface area contributed by atoms with E-state index in [9.17, 15) is 9.90 Å². The summed E-state index contributed by atoms with van der Waals surface area (Å²) in [6, 6.07) is 13.1. The molecule has 0 bridgehead atoms. The van der Waals surface area contributed by atoms with Gasteiger partial charge in [-0.05, 0) is 31.0 Å². The zero-order valence-electron chi connectivity index (χ0n) is 14.3. The van der Waals surface area contributed by atoms with E-state index in [2.05, 4.69) is 4.98 Å². The third-order valence-corrected chi connectivity index (χ3v) is 4.23. The maximum atomic E-state index is 11.8. The van der Waals surface area contributed by atoms with Crippen LogP contribution in [0.15, 0.2) is 42.5 Å². The minimum atomic E-state index is -1.04. The number of benzene rings is 2. The highest BCUT2D eigenvalue weighted by molar-refractivity contribution is 6.04. The van der Waals surface area contributed by atoms with Crippen molar-refractivity contribution in [2.75, 3.05) is 6.61 Å². The van der Waals surface area contributed by atoms with Crippen LogP contribution in [0.2, 0.25) is 0 Å². The zero-order chi connectivity index (χ0) is 18.0. The minimum absolute atomic E-state index is 0.118. The first-order valence-electron chi connectivity index (χ1n) is 8.09. The van der Waals surface area contributed by atoms with E-state index in [-0.39, 0.29) is 18.2 Å². The molecule has 0 saturated heterocycles. The summed E-state index contributed by atoms with van der Waals surface area (Å²) < 4.78 is 7.52. The van der Waals surface area contributed by atoms with Crippen LogP contribution in [0.3, 0.4) is 0 Å². The van der Waals surface area contributed by atoms with Crippen LogP contribution >= 0.6 is 0 Å². The number of hydrogen-bond donors (Lipinski definition) is 2. The van der Waals surface area contributed by atoms with E-state index in [0.29, 0.717) is 23.2 Å². The molecule has 0 amide bonds. The van der Waals surface area contributed by atoms with E-state index in [1.165, 1.54) is 0 Å². The van der Waals surface area contributed by atoms with Crippen molar-refractivity contribution in [1.29, 1.82) is 0 Å². The van der Waals surface area contributed by atoms with E-state index in [0.717, 1.165) is 11.4 Å². The fourth-order valence-corrected chi connectivity index (χ4v) is 2.90. The van der Waals surface area contributed by atoms with E-state index in [4.69, 9.17) is 10.5 Å². The lowest BCUT2D eigenvalue weighted by Gasteiger charge is -2.15.